The first-order valence-corrected chi connectivity index (χ1v) is 3.77. The Balaban J connectivity index is 4.03. The van der Waals surface area contributed by atoms with Crippen LogP contribution in [-0.4, -0.2) is 0 Å². The lowest BCUT2D eigenvalue weighted by molar-refractivity contribution is 1.39. The van der Waals surface area contributed by atoms with Gasteiger partial charge in [0.15, 0.2) is 0 Å². The van der Waals surface area contributed by atoms with Gasteiger partial charge in [0, 0.05) is 0 Å². The van der Waals surface area contributed by atoms with Gasteiger partial charge in [0.1, 0.15) is 0 Å². The molecule has 0 heterocycles. The first-order valence-electron chi connectivity index (χ1n) is 3.77. The Labute approximate surface area is 69.6 Å². The standard InChI is InChI=1S/C11H16/c1-5-7-11(4)9-6-8-10(2)3/h5-9H,1H2,2-4H3. The van der Waals surface area contributed by atoms with Gasteiger partial charge in [-0.15, -0.1) is 0 Å². The summed E-state index contributed by atoms with van der Waals surface area (Å²) in [6.07, 6.45) is 9.97. The summed E-state index contributed by atoms with van der Waals surface area (Å²) in [7, 11) is 0. The molecule has 0 spiro atoms. The molecule has 11 heavy (non-hydrogen) atoms. The summed E-state index contributed by atoms with van der Waals surface area (Å²) in [6, 6.07) is 0. The van der Waals surface area contributed by atoms with E-state index in [2.05, 4.69) is 39.5 Å². The van der Waals surface area contributed by atoms with Crippen molar-refractivity contribution in [2.75, 3.05) is 0 Å². The minimum Gasteiger partial charge on any atom is -0.0991 e. The second-order valence-corrected chi connectivity index (χ2v) is 2.75. The minimum atomic E-state index is 1.22. The molecule has 60 valence electrons. The SMILES string of the molecule is C=CC=C(C)C=CC=C(C)C. The highest BCUT2D eigenvalue weighted by Crippen LogP contribution is 1.96. The van der Waals surface area contributed by atoms with Gasteiger partial charge in [0.25, 0.3) is 0 Å². The van der Waals surface area contributed by atoms with Crippen LogP contribution < -0.4 is 0 Å². The van der Waals surface area contributed by atoms with Crippen molar-refractivity contribution in [3.8, 4) is 0 Å². The van der Waals surface area contributed by atoms with Crippen LogP contribution in [-0.2, 0) is 0 Å². The molecule has 0 saturated heterocycles. The van der Waals surface area contributed by atoms with Crippen molar-refractivity contribution in [3.63, 3.8) is 0 Å². The molecule has 0 N–H and O–H groups in total. The molecule has 0 aliphatic heterocycles. The molecule has 0 aromatic heterocycles. The van der Waals surface area contributed by atoms with Gasteiger partial charge >= 0.3 is 0 Å². The Morgan fingerprint density at radius 2 is 1.73 bits per heavy atom. The molecule has 0 aromatic carbocycles. The van der Waals surface area contributed by atoms with Crippen LogP contribution >= 0.6 is 0 Å². The minimum absolute atomic E-state index is 1.22. The Morgan fingerprint density at radius 3 is 2.18 bits per heavy atom. The van der Waals surface area contributed by atoms with Crippen LogP contribution in [0.3, 0.4) is 0 Å². The van der Waals surface area contributed by atoms with Gasteiger partial charge in [-0.05, 0) is 20.8 Å². The first-order chi connectivity index (χ1) is 5.16. The zero-order valence-electron chi connectivity index (χ0n) is 7.59. The fraction of sp³-hybridized carbons (Fsp3) is 0.273. The molecule has 0 heteroatoms. The van der Waals surface area contributed by atoms with E-state index < -0.39 is 0 Å². The average molecular weight is 148 g/mol. The van der Waals surface area contributed by atoms with Crippen molar-refractivity contribution in [2.45, 2.75) is 20.8 Å². The summed E-state index contributed by atoms with van der Waals surface area (Å²) in [5.74, 6) is 0. The van der Waals surface area contributed by atoms with Crippen LogP contribution in [0, 0.1) is 0 Å². The average Bonchev–Trinajstić information content (AvgIpc) is 1.87. The maximum atomic E-state index is 3.62. The zero-order chi connectivity index (χ0) is 8.69. The second kappa shape index (κ2) is 5.72. The van der Waals surface area contributed by atoms with E-state index in [0.29, 0.717) is 0 Å². The molecule has 0 unspecified atom stereocenters. The van der Waals surface area contributed by atoms with E-state index >= 15 is 0 Å². The lowest BCUT2D eigenvalue weighted by atomic mass is 10.2. The van der Waals surface area contributed by atoms with Crippen molar-refractivity contribution in [2.24, 2.45) is 0 Å². The maximum Gasteiger partial charge on any atom is -0.0398 e. The number of rotatable bonds is 3. The molecule has 0 fully saturated rings. The highest BCUT2D eigenvalue weighted by molar-refractivity contribution is 5.24. The fourth-order valence-corrected chi connectivity index (χ4v) is 0.634. The molecule has 0 nitrogen and oxygen atoms in total. The Kier molecular flexibility index (Phi) is 5.18. The Bertz CT molecular complexity index is 198. The van der Waals surface area contributed by atoms with E-state index in [9.17, 15) is 0 Å². The van der Waals surface area contributed by atoms with Crippen molar-refractivity contribution >= 4 is 0 Å². The van der Waals surface area contributed by atoms with E-state index in [1.54, 1.807) is 6.08 Å². The molecular formula is C11H16. The summed E-state index contributed by atoms with van der Waals surface area (Å²) >= 11 is 0. The van der Waals surface area contributed by atoms with Crippen LogP contribution in [0.5, 0.6) is 0 Å². The molecule has 0 atom stereocenters. The van der Waals surface area contributed by atoms with Crippen molar-refractivity contribution in [3.05, 3.63) is 48.1 Å². The van der Waals surface area contributed by atoms with Crippen molar-refractivity contribution in [1.82, 2.24) is 0 Å². The van der Waals surface area contributed by atoms with Crippen molar-refractivity contribution in [1.29, 1.82) is 0 Å². The highest BCUT2D eigenvalue weighted by Gasteiger charge is 1.75. The van der Waals surface area contributed by atoms with E-state index in [0.717, 1.165) is 0 Å². The third-order valence-corrected chi connectivity index (χ3v) is 1.17. The number of hydrogen-bond acceptors (Lipinski definition) is 0. The summed E-state index contributed by atoms with van der Waals surface area (Å²) in [5.41, 5.74) is 2.53. The van der Waals surface area contributed by atoms with Crippen LogP contribution in [0.1, 0.15) is 20.8 Å². The van der Waals surface area contributed by atoms with Gasteiger partial charge in [-0.1, -0.05) is 48.1 Å². The van der Waals surface area contributed by atoms with Gasteiger partial charge in [0.2, 0.25) is 0 Å². The predicted molar refractivity (Wildman–Crippen MR) is 52.5 cm³/mol. The molecule has 0 bridgehead atoms. The third-order valence-electron chi connectivity index (χ3n) is 1.17. The summed E-state index contributed by atoms with van der Waals surface area (Å²) in [6.45, 7) is 9.83. The Morgan fingerprint density at radius 1 is 1.09 bits per heavy atom. The third kappa shape index (κ3) is 6.85. The van der Waals surface area contributed by atoms with Crippen LogP contribution in [0.25, 0.3) is 0 Å². The zero-order valence-corrected chi connectivity index (χ0v) is 7.59. The lowest BCUT2D eigenvalue weighted by Crippen LogP contribution is -1.65. The van der Waals surface area contributed by atoms with Gasteiger partial charge in [-0.2, -0.15) is 0 Å². The lowest BCUT2D eigenvalue weighted by Gasteiger charge is -1.86. The van der Waals surface area contributed by atoms with Gasteiger partial charge in [0.05, 0.1) is 0 Å². The highest BCUT2D eigenvalue weighted by atomic mass is 13.8. The Hall–Kier alpha value is -1.04. The molecule has 0 aromatic rings. The number of hydrogen-bond donors (Lipinski definition) is 0. The van der Waals surface area contributed by atoms with E-state index in [4.69, 9.17) is 0 Å². The molecule has 0 saturated carbocycles. The van der Waals surface area contributed by atoms with Gasteiger partial charge in [-0.3, -0.25) is 0 Å². The van der Waals surface area contributed by atoms with Crippen LogP contribution in [0.2, 0.25) is 0 Å². The summed E-state index contributed by atoms with van der Waals surface area (Å²) in [5, 5.41) is 0. The molecule has 0 amide bonds. The molecule has 0 rings (SSSR count). The quantitative estimate of drug-likeness (QED) is 0.536. The molecular weight excluding hydrogens is 132 g/mol. The summed E-state index contributed by atoms with van der Waals surface area (Å²) < 4.78 is 0. The predicted octanol–water partition coefficient (Wildman–Crippen LogP) is 3.64. The monoisotopic (exact) mass is 148 g/mol. The first kappa shape index (κ1) is 9.96. The fourth-order valence-electron chi connectivity index (χ4n) is 0.634. The second-order valence-electron chi connectivity index (χ2n) is 2.75. The number of allylic oxidation sites excluding steroid dienone is 7. The largest absolute Gasteiger partial charge is 0.0991 e. The van der Waals surface area contributed by atoms with Gasteiger partial charge < -0.3 is 0 Å². The smallest absolute Gasteiger partial charge is 0.0398 e. The van der Waals surface area contributed by atoms with Crippen LogP contribution in [0.15, 0.2) is 48.1 Å². The van der Waals surface area contributed by atoms with E-state index in [-0.39, 0.29) is 0 Å². The van der Waals surface area contributed by atoms with Gasteiger partial charge in [-0.25, -0.2) is 0 Å². The maximum absolute atomic E-state index is 3.62. The van der Waals surface area contributed by atoms with E-state index in [1.165, 1.54) is 11.1 Å². The summed E-state index contributed by atoms with van der Waals surface area (Å²) in [4.78, 5) is 0. The molecule has 0 radical (unpaired) electrons. The molecule has 0 aliphatic carbocycles. The molecule has 0 aliphatic rings. The van der Waals surface area contributed by atoms with Crippen molar-refractivity contribution < 1.29 is 0 Å². The van der Waals surface area contributed by atoms with Crippen LogP contribution in [0.4, 0.5) is 0 Å². The van der Waals surface area contributed by atoms with E-state index in [1.807, 2.05) is 12.2 Å². The topological polar surface area (TPSA) is 0 Å². The normalized spacial score (nSPS) is 11.7.